The van der Waals surface area contributed by atoms with Crippen LogP contribution in [0.5, 0.6) is 0 Å². The van der Waals surface area contributed by atoms with Gasteiger partial charge in [0.15, 0.2) is 0 Å². The minimum Gasteiger partial charge on any atom is -0.744 e. The normalized spacial score (nSPS) is 14.4. The predicted octanol–water partition coefficient (Wildman–Crippen LogP) is -1.50. The van der Waals surface area contributed by atoms with E-state index in [1.54, 1.807) is 24.3 Å². The van der Waals surface area contributed by atoms with Crippen molar-refractivity contribution in [3.8, 4) is 0 Å². The molecule has 0 fully saturated rings. The number of Topliss-reactive ketones (excluding diaryl/α,β-unsaturated/α-hetero) is 1. The molecule has 0 spiro atoms. The van der Waals surface area contributed by atoms with E-state index in [0.29, 0.717) is 16.8 Å². The topological polar surface area (TPSA) is 91.3 Å². The molecule has 0 saturated heterocycles. The van der Waals surface area contributed by atoms with E-state index in [1.165, 1.54) is 12.1 Å². The minimum absolute atomic E-state index is 0. The van der Waals surface area contributed by atoms with E-state index in [-0.39, 0.29) is 40.7 Å². The van der Waals surface area contributed by atoms with Gasteiger partial charge in [-0.2, -0.15) is 0 Å². The van der Waals surface area contributed by atoms with Crippen LogP contribution in [0.3, 0.4) is 0 Å². The number of hydrogen-bond acceptors (Lipinski definition) is 5. The van der Waals surface area contributed by atoms with E-state index >= 15 is 0 Å². The maximum absolute atomic E-state index is 11.8. The molecular weight excluding hydrogens is 303 g/mol. The van der Waals surface area contributed by atoms with Crippen LogP contribution in [0.1, 0.15) is 15.9 Å². The Bertz CT molecular complexity index is 912. The van der Waals surface area contributed by atoms with Gasteiger partial charge in [-0.15, -0.1) is 0 Å². The van der Waals surface area contributed by atoms with E-state index in [0.717, 1.165) is 0 Å². The van der Waals surface area contributed by atoms with Gasteiger partial charge in [-0.1, -0.05) is 24.3 Å². The van der Waals surface area contributed by atoms with E-state index in [9.17, 15) is 22.6 Å². The second-order valence-corrected chi connectivity index (χ2v) is 5.75. The number of allylic oxidation sites excluding steroid dienone is 1. The zero-order chi connectivity index (χ0) is 14.5. The molecule has 7 heteroatoms. The molecule has 0 unspecified atom stereocenters. The summed E-state index contributed by atoms with van der Waals surface area (Å²) >= 11 is 0. The zero-order valence-electron chi connectivity index (χ0n) is 11.0. The summed E-state index contributed by atoms with van der Waals surface area (Å²) in [5, 5.41) is 1.37. The molecule has 0 aromatic heterocycles. The van der Waals surface area contributed by atoms with Gasteiger partial charge in [-0.05, 0) is 22.9 Å². The quantitative estimate of drug-likeness (QED) is 0.363. The average molecular weight is 310 g/mol. The average Bonchev–Trinajstić information content (AvgIpc) is 2.40. The molecule has 2 aromatic rings. The Morgan fingerprint density at radius 3 is 1.95 bits per heavy atom. The first kappa shape index (κ1) is 16.1. The molecule has 0 amide bonds. The van der Waals surface area contributed by atoms with Gasteiger partial charge >= 0.3 is 29.6 Å². The summed E-state index contributed by atoms with van der Waals surface area (Å²) in [6.45, 7) is 0. The second-order valence-electron chi connectivity index (χ2n) is 4.40. The van der Waals surface area contributed by atoms with Crippen molar-refractivity contribution in [1.82, 2.24) is 0 Å². The molecule has 0 radical (unpaired) electrons. The summed E-state index contributed by atoms with van der Waals surface area (Å²) in [4.78, 5) is 22.7. The summed E-state index contributed by atoms with van der Waals surface area (Å²) in [6.07, 6.45) is 0.599. The van der Waals surface area contributed by atoms with Gasteiger partial charge in [0.1, 0.15) is 10.1 Å². The van der Waals surface area contributed by atoms with Crippen LogP contribution in [0.2, 0.25) is 0 Å². The van der Waals surface area contributed by atoms with Gasteiger partial charge in [-0.25, -0.2) is 8.42 Å². The third-order valence-electron chi connectivity index (χ3n) is 3.15. The molecular formula is C14H7NaO5S. The molecule has 0 heterocycles. The number of ketones is 2. The predicted molar refractivity (Wildman–Crippen MR) is 71.0 cm³/mol. The Labute approximate surface area is 142 Å². The third-order valence-corrected chi connectivity index (χ3v) is 4.03. The van der Waals surface area contributed by atoms with E-state index in [2.05, 4.69) is 0 Å². The molecule has 0 saturated carbocycles. The van der Waals surface area contributed by atoms with Crippen LogP contribution in [0.4, 0.5) is 0 Å². The van der Waals surface area contributed by atoms with Crippen molar-refractivity contribution in [3.63, 3.8) is 0 Å². The van der Waals surface area contributed by atoms with Crippen molar-refractivity contribution in [2.24, 2.45) is 0 Å². The Hall–Kier alpha value is -1.31. The van der Waals surface area contributed by atoms with Crippen LogP contribution in [-0.4, -0.2) is 24.5 Å². The van der Waals surface area contributed by atoms with Crippen LogP contribution < -0.4 is 29.6 Å². The molecule has 21 heavy (non-hydrogen) atoms. The number of carbonyl (C=O) groups is 2. The maximum atomic E-state index is 11.8. The van der Waals surface area contributed by atoms with Crippen molar-refractivity contribution in [3.05, 3.63) is 53.6 Å². The van der Waals surface area contributed by atoms with Crippen molar-refractivity contribution in [2.45, 2.75) is 0 Å². The van der Waals surface area contributed by atoms with E-state index in [1.807, 2.05) is 0 Å². The standard InChI is InChI=1S/C14H8O5S.Na/c15-12-7-13(20(17,18)19)10-5-8-3-1-2-4-9(8)6-11(10)14(12)16;/h1-7H,(H,17,18,19);/q;+1/p-1. The summed E-state index contributed by atoms with van der Waals surface area (Å²) in [5.74, 6) is -1.81. The SMILES string of the molecule is O=C1C=C(S(=O)(=O)[O-])c2cc3ccccc3cc2C1=O.[Na+]. The van der Waals surface area contributed by atoms with E-state index in [4.69, 9.17) is 0 Å². The molecule has 2 aromatic carbocycles. The number of benzene rings is 2. The van der Waals surface area contributed by atoms with Crippen LogP contribution in [0.15, 0.2) is 42.5 Å². The molecule has 1 aliphatic rings. The smallest absolute Gasteiger partial charge is 0.744 e. The number of hydrogen-bond donors (Lipinski definition) is 0. The van der Waals surface area contributed by atoms with Crippen molar-refractivity contribution >= 4 is 37.4 Å². The molecule has 0 atom stereocenters. The Balaban J connectivity index is 0.00000161. The maximum Gasteiger partial charge on any atom is 1.00 e. The first-order valence-corrected chi connectivity index (χ1v) is 7.08. The third kappa shape index (κ3) is 2.73. The monoisotopic (exact) mass is 310 g/mol. The first-order valence-electron chi connectivity index (χ1n) is 5.67. The number of carbonyl (C=O) groups excluding carboxylic acids is 2. The van der Waals surface area contributed by atoms with Crippen LogP contribution in [0.25, 0.3) is 15.7 Å². The Morgan fingerprint density at radius 2 is 1.43 bits per heavy atom. The fourth-order valence-corrected chi connectivity index (χ4v) is 2.92. The fraction of sp³-hybridized carbons (Fsp3) is 0. The number of rotatable bonds is 1. The molecule has 3 rings (SSSR count). The molecule has 0 aliphatic heterocycles. The number of fused-ring (bicyclic) bond motifs is 2. The molecule has 100 valence electrons. The van der Waals surface area contributed by atoms with Gasteiger partial charge in [0, 0.05) is 17.2 Å². The molecule has 5 nitrogen and oxygen atoms in total. The summed E-state index contributed by atoms with van der Waals surface area (Å²) in [5.41, 5.74) is -0.0612. The van der Waals surface area contributed by atoms with Crippen molar-refractivity contribution < 1.29 is 52.1 Å². The minimum atomic E-state index is -4.83. The van der Waals surface area contributed by atoms with Crippen LogP contribution in [-0.2, 0) is 14.9 Å². The van der Waals surface area contributed by atoms with Gasteiger partial charge in [0.2, 0.25) is 11.6 Å². The molecule has 0 N–H and O–H groups in total. The summed E-state index contributed by atoms with van der Waals surface area (Å²) in [6, 6.07) is 9.84. The Kier molecular flexibility index (Phi) is 4.19. The first-order chi connectivity index (χ1) is 9.38. The van der Waals surface area contributed by atoms with Gasteiger partial charge in [0.25, 0.3) is 0 Å². The van der Waals surface area contributed by atoms with Crippen LogP contribution in [0, 0.1) is 0 Å². The molecule has 0 bridgehead atoms. The summed E-state index contributed by atoms with van der Waals surface area (Å²) < 4.78 is 33.7. The molecule has 1 aliphatic carbocycles. The Morgan fingerprint density at radius 1 is 0.905 bits per heavy atom. The van der Waals surface area contributed by atoms with Gasteiger partial charge < -0.3 is 4.55 Å². The van der Waals surface area contributed by atoms with Gasteiger partial charge in [0.05, 0.1) is 4.91 Å². The second kappa shape index (κ2) is 5.47. The summed E-state index contributed by atoms with van der Waals surface area (Å²) in [7, 11) is -4.83. The van der Waals surface area contributed by atoms with Crippen molar-refractivity contribution in [2.75, 3.05) is 0 Å². The van der Waals surface area contributed by atoms with E-state index < -0.39 is 26.6 Å². The zero-order valence-corrected chi connectivity index (χ0v) is 13.8. The fourth-order valence-electron chi connectivity index (χ4n) is 2.23. The van der Waals surface area contributed by atoms with Gasteiger partial charge in [-0.3, -0.25) is 9.59 Å². The van der Waals surface area contributed by atoms with Crippen LogP contribution >= 0.6 is 0 Å². The largest absolute Gasteiger partial charge is 1.00 e. The van der Waals surface area contributed by atoms with Crippen molar-refractivity contribution in [1.29, 1.82) is 0 Å².